The highest BCUT2D eigenvalue weighted by atomic mass is 16.5. The number of carbonyl (C=O) groups excluding carboxylic acids is 1. The molecule has 200 valence electrons. The molecule has 1 aliphatic carbocycles. The highest BCUT2D eigenvalue weighted by Gasteiger charge is 2.30. The number of carbonyl (C=O) groups is 2. The Morgan fingerprint density at radius 2 is 1.86 bits per heavy atom. The van der Waals surface area contributed by atoms with Crippen LogP contribution in [0.15, 0.2) is 24.3 Å². The average Bonchev–Trinajstić information content (AvgIpc) is 3.00. The smallest absolute Gasteiger partial charge is 0.303 e. The summed E-state index contributed by atoms with van der Waals surface area (Å²) in [4.78, 5) is 34.9. The molecule has 2 aliphatic rings. The molecule has 0 radical (unpaired) electrons. The maximum atomic E-state index is 13.5. The number of amides is 1. The molecule has 9 heteroatoms. The molecule has 9 nitrogen and oxygen atoms in total. The Hall–Kier alpha value is -3.36. The number of hydrogen-bond donors (Lipinski definition) is 3. The van der Waals surface area contributed by atoms with Gasteiger partial charge in [-0.1, -0.05) is 32.9 Å². The molecule has 1 aliphatic heterocycles. The summed E-state index contributed by atoms with van der Waals surface area (Å²) in [6.07, 6.45) is 6.14. The maximum Gasteiger partial charge on any atom is 0.303 e. The van der Waals surface area contributed by atoms with Crippen molar-refractivity contribution in [3.8, 4) is 5.88 Å². The lowest BCUT2D eigenvalue weighted by atomic mass is 9.77. The fraction of sp³-hybridized carbons (Fsp3) is 0.571. The van der Waals surface area contributed by atoms with E-state index in [0.29, 0.717) is 31.6 Å². The Morgan fingerprint density at radius 1 is 1.16 bits per heavy atom. The van der Waals surface area contributed by atoms with Crippen molar-refractivity contribution < 1.29 is 19.4 Å². The largest absolute Gasteiger partial charge is 0.481 e. The zero-order valence-corrected chi connectivity index (χ0v) is 22.1. The van der Waals surface area contributed by atoms with E-state index in [4.69, 9.17) is 15.6 Å². The summed E-state index contributed by atoms with van der Waals surface area (Å²) < 4.78 is 5.83. The SMILES string of the molecule is CC(C)(C)CCCNc1nc(N)c2c(n1)OCCN(c1ccc(C3CCC(CC(=O)O)CC3)cc1)C2=O. The minimum Gasteiger partial charge on any atom is -0.481 e. The van der Waals surface area contributed by atoms with Crippen LogP contribution in [0.3, 0.4) is 0 Å². The van der Waals surface area contributed by atoms with Gasteiger partial charge in [0.25, 0.3) is 5.91 Å². The Labute approximate surface area is 218 Å². The standard InChI is InChI=1S/C28H39N5O4/c1-28(2,3)13-4-14-30-27-31-24(29)23-25(32-27)37-16-15-33(26(23)36)21-11-9-20(10-12-21)19-7-5-18(6-8-19)17-22(34)35/h9-12,18-19H,4-8,13-17H2,1-3H3,(H,34,35)(H3,29,30,31,32). The molecule has 0 bridgehead atoms. The van der Waals surface area contributed by atoms with Crippen LogP contribution in [0.5, 0.6) is 5.88 Å². The molecule has 1 amide bonds. The Balaban J connectivity index is 1.42. The van der Waals surface area contributed by atoms with Gasteiger partial charge < -0.3 is 25.8 Å². The topological polar surface area (TPSA) is 131 Å². The summed E-state index contributed by atoms with van der Waals surface area (Å²) in [6, 6.07) is 8.07. The summed E-state index contributed by atoms with van der Waals surface area (Å²) >= 11 is 0. The molecular weight excluding hydrogens is 470 g/mol. The van der Waals surface area contributed by atoms with Gasteiger partial charge in [-0.15, -0.1) is 0 Å². The van der Waals surface area contributed by atoms with Crippen molar-refractivity contribution in [2.75, 3.05) is 35.6 Å². The Morgan fingerprint density at radius 3 is 2.51 bits per heavy atom. The van der Waals surface area contributed by atoms with E-state index in [1.165, 1.54) is 5.56 Å². The molecule has 0 unspecified atom stereocenters. The van der Waals surface area contributed by atoms with Crippen molar-refractivity contribution >= 4 is 29.3 Å². The molecule has 1 fully saturated rings. The van der Waals surface area contributed by atoms with Crippen molar-refractivity contribution in [1.82, 2.24) is 9.97 Å². The predicted molar refractivity (Wildman–Crippen MR) is 144 cm³/mol. The van der Waals surface area contributed by atoms with Gasteiger partial charge in [-0.2, -0.15) is 9.97 Å². The van der Waals surface area contributed by atoms with Gasteiger partial charge in [0.15, 0.2) is 0 Å². The normalized spacial score (nSPS) is 20.1. The molecule has 1 aromatic heterocycles. The van der Waals surface area contributed by atoms with Crippen LogP contribution in [-0.4, -0.2) is 46.6 Å². The highest BCUT2D eigenvalue weighted by molar-refractivity contribution is 6.10. The number of hydrogen-bond acceptors (Lipinski definition) is 7. The van der Waals surface area contributed by atoms with Crippen LogP contribution in [0, 0.1) is 11.3 Å². The minimum atomic E-state index is -0.713. The number of ether oxygens (including phenoxy) is 1. The van der Waals surface area contributed by atoms with E-state index in [9.17, 15) is 9.59 Å². The second kappa shape index (κ2) is 11.4. The van der Waals surface area contributed by atoms with Gasteiger partial charge in [-0.3, -0.25) is 9.59 Å². The minimum absolute atomic E-state index is 0.106. The number of nitrogens with two attached hydrogens (primary N) is 1. The van der Waals surface area contributed by atoms with Crippen molar-refractivity contribution in [2.24, 2.45) is 11.3 Å². The van der Waals surface area contributed by atoms with E-state index < -0.39 is 5.97 Å². The van der Waals surface area contributed by atoms with Crippen molar-refractivity contribution in [2.45, 2.75) is 71.6 Å². The quantitative estimate of drug-likeness (QED) is 0.420. The van der Waals surface area contributed by atoms with E-state index >= 15 is 0 Å². The lowest BCUT2D eigenvalue weighted by Crippen LogP contribution is -2.32. The lowest BCUT2D eigenvalue weighted by molar-refractivity contribution is -0.138. The van der Waals surface area contributed by atoms with Gasteiger partial charge in [0.05, 0.1) is 6.54 Å². The molecule has 37 heavy (non-hydrogen) atoms. The maximum absolute atomic E-state index is 13.5. The first-order valence-electron chi connectivity index (χ1n) is 13.3. The van der Waals surface area contributed by atoms with Crippen molar-refractivity contribution in [3.05, 3.63) is 35.4 Å². The second-order valence-corrected chi connectivity index (χ2v) is 11.4. The van der Waals surface area contributed by atoms with E-state index in [1.54, 1.807) is 4.90 Å². The molecular formula is C28H39N5O4. The number of benzene rings is 1. The first-order chi connectivity index (χ1) is 17.6. The number of carboxylic acids is 1. The second-order valence-electron chi connectivity index (χ2n) is 11.4. The predicted octanol–water partition coefficient (Wildman–Crippen LogP) is 5.08. The third-order valence-corrected chi connectivity index (χ3v) is 7.29. The van der Waals surface area contributed by atoms with Crippen LogP contribution in [0.25, 0.3) is 0 Å². The summed E-state index contributed by atoms with van der Waals surface area (Å²) in [5.74, 6) is 0.397. The van der Waals surface area contributed by atoms with E-state index in [-0.39, 0.29) is 40.9 Å². The number of nitrogen functional groups attached to an aromatic ring is 1. The molecule has 1 aromatic carbocycles. The van der Waals surface area contributed by atoms with Crippen molar-refractivity contribution in [3.63, 3.8) is 0 Å². The first-order valence-corrected chi connectivity index (χ1v) is 13.3. The van der Waals surface area contributed by atoms with E-state index in [2.05, 4.69) is 48.2 Å². The number of anilines is 3. The van der Waals surface area contributed by atoms with Gasteiger partial charge in [0.1, 0.15) is 18.0 Å². The van der Waals surface area contributed by atoms with Gasteiger partial charge >= 0.3 is 5.97 Å². The van der Waals surface area contributed by atoms with E-state index in [1.807, 2.05) is 12.1 Å². The molecule has 4 rings (SSSR count). The number of carboxylic acid groups (broad SMARTS) is 1. The van der Waals surface area contributed by atoms with Crippen LogP contribution < -0.4 is 20.7 Å². The average molecular weight is 510 g/mol. The number of aromatic nitrogens is 2. The number of nitrogens with one attached hydrogen (secondary N) is 1. The number of rotatable bonds is 8. The number of nitrogens with zero attached hydrogens (tertiary/aromatic N) is 3. The van der Waals surface area contributed by atoms with Crippen molar-refractivity contribution in [1.29, 1.82) is 0 Å². The first kappa shape index (κ1) is 26.7. The van der Waals surface area contributed by atoms with Gasteiger partial charge in [-0.25, -0.2) is 0 Å². The molecule has 4 N–H and O–H groups in total. The Bertz CT molecular complexity index is 1100. The van der Waals surface area contributed by atoms with Crippen LogP contribution in [0.1, 0.15) is 87.6 Å². The molecule has 0 saturated heterocycles. The molecule has 1 saturated carbocycles. The fourth-order valence-corrected chi connectivity index (χ4v) is 5.25. The summed E-state index contributed by atoms with van der Waals surface area (Å²) in [5.41, 5.74) is 8.67. The lowest BCUT2D eigenvalue weighted by Gasteiger charge is -2.28. The summed E-state index contributed by atoms with van der Waals surface area (Å²) in [6.45, 7) is 8.01. The van der Waals surface area contributed by atoms with Crippen LogP contribution in [0.2, 0.25) is 0 Å². The molecule has 0 atom stereocenters. The molecule has 2 heterocycles. The monoisotopic (exact) mass is 509 g/mol. The van der Waals surface area contributed by atoms with Crippen LogP contribution >= 0.6 is 0 Å². The fourth-order valence-electron chi connectivity index (χ4n) is 5.25. The molecule has 0 spiro atoms. The summed E-state index contributed by atoms with van der Waals surface area (Å²) in [7, 11) is 0. The Kier molecular flexibility index (Phi) is 8.19. The third-order valence-electron chi connectivity index (χ3n) is 7.29. The number of fused-ring (bicyclic) bond motifs is 1. The zero-order chi connectivity index (χ0) is 26.6. The van der Waals surface area contributed by atoms with E-state index in [0.717, 1.165) is 44.2 Å². The zero-order valence-electron chi connectivity index (χ0n) is 22.1. The van der Waals surface area contributed by atoms with Crippen LogP contribution in [-0.2, 0) is 4.79 Å². The van der Waals surface area contributed by atoms with Gasteiger partial charge in [0.2, 0.25) is 11.8 Å². The summed E-state index contributed by atoms with van der Waals surface area (Å²) in [5, 5.41) is 12.2. The third kappa shape index (κ3) is 6.90. The van der Waals surface area contributed by atoms with Crippen LogP contribution in [0.4, 0.5) is 17.5 Å². The molecule has 2 aromatic rings. The highest BCUT2D eigenvalue weighted by Crippen LogP contribution is 2.38. The van der Waals surface area contributed by atoms with Gasteiger partial charge in [-0.05, 0) is 73.5 Å². The number of aliphatic carboxylic acids is 1. The van der Waals surface area contributed by atoms with Gasteiger partial charge in [0, 0.05) is 18.7 Å².